The van der Waals surface area contributed by atoms with Crippen molar-refractivity contribution in [2.24, 2.45) is 11.3 Å². The van der Waals surface area contributed by atoms with Gasteiger partial charge in [0.15, 0.2) is 0 Å². The topological polar surface area (TPSA) is 40.5 Å². The highest BCUT2D eigenvalue weighted by molar-refractivity contribution is 5.75. The number of rotatable bonds is 4. The zero-order valence-electron chi connectivity index (χ0n) is 11.1. The van der Waals surface area contributed by atoms with E-state index in [4.69, 9.17) is 0 Å². The van der Waals surface area contributed by atoms with Gasteiger partial charge >= 0.3 is 5.97 Å². The number of carbonyl (C=O) groups is 1. The second-order valence-corrected chi connectivity index (χ2v) is 6.27. The van der Waals surface area contributed by atoms with Crippen molar-refractivity contribution in [3.63, 3.8) is 0 Å². The van der Waals surface area contributed by atoms with Crippen LogP contribution in [0.5, 0.6) is 0 Å². The maximum atomic E-state index is 11.6. The third-order valence-corrected chi connectivity index (χ3v) is 4.94. The average Bonchev–Trinajstić information content (AvgIpc) is 2.18. The summed E-state index contributed by atoms with van der Waals surface area (Å²) in [6.45, 7) is 2.99. The van der Waals surface area contributed by atoms with Gasteiger partial charge in [-0.25, -0.2) is 0 Å². The highest BCUT2D eigenvalue weighted by Gasteiger charge is 2.43. The molecule has 1 N–H and O–H groups in total. The van der Waals surface area contributed by atoms with Gasteiger partial charge in [0.1, 0.15) is 0 Å². The summed E-state index contributed by atoms with van der Waals surface area (Å²) in [5.74, 6) is 0.132. The first-order chi connectivity index (χ1) is 8.03. The van der Waals surface area contributed by atoms with Crippen molar-refractivity contribution in [2.45, 2.75) is 57.9 Å². The molecule has 0 saturated heterocycles. The Hall–Kier alpha value is -0.570. The number of nitrogens with zero attached hydrogens (tertiary/aromatic N) is 1. The summed E-state index contributed by atoms with van der Waals surface area (Å²) in [5.41, 5.74) is -0.461. The van der Waals surface area contributed by atoms with Gasteiger partial charge in [0.25, 0.3) is 0 Å². The van der Waals surface area contributed by atoms with Crippen LogP contribution < -0.4 is 0 Å². The van der Waals surface area contributed by atoms with Crippen molar-refractivity contribution in [3.8, 4) is 0 Å². The normalized spacial score (nSPS) is 34.6. The van der Waals surface area contributed by atoms with E-state index in [0.717, 1.165) is 32.2 Å². The number of hydrogen-bond donors (Lipinski definition) is 1. The molecule has 3 heteroatoms. The van der Waals surface area contributed by atoms with Gasteiger partial charge in [0.2, 0.25) is 0 Å². The first-order valence-electron chi connectivity index (χ1n) is 6.97. The van der Waals surface area contributed by atoms with E-state index in [1.165, 1.54) is 19.3 Å². The quantitative estimate of drug-likeness (QED) is 0.820. The molecule has 0 bridgehead atoms. The van der Waals surface area contributed by atoms with Crippen LogP contribution in [0.2, 0.25) is 0 Å². The van der Waals surface area contributed by atoms with Crippen molar-refractivity contribution in [1.29, 1.82) is 0 Å². The Labute approximate surface area is 104 Å². The predicted molar refractivity (Wildman–Crippen MR) is 68.0 cm³/mol. The fourth-order valence-electron chi connectivity index (χ4n) is 3.19. The van der Waals surface area contributed by atoms with Crippen LogP contribution in [-0.2, 0) is 4.79 Å². The molecule has 2 saturated carbocycles. The van der Waals surface area contributed by atoms with E-state index >= 15 is 0 Å². The second-order valence-electron chi connectivity index (χ2n) is 6.27. The molecular formula is C14H25NO2. The molecule has 2 rings (SSSR count). The predicted octanol–water partition coefficient (Wildman–Crippen LogP) is 2.75. The largest absolute Gasteiger partial charge is 0.481 e. The Kier molecular flexibility index (Phi) is 3.76. The molecule has 3 nitrogen and oxygen atoms in total. The van der Waals surface area contributed by atoms with Crippen molar-refractivity contribution < 1.29 is 9.90 Å². The molecule has 0 aromatic rings. The van der Waals surface area contributed by atoms with Crippen molar-refractivity contribution >= 4 is 5.97 Å². The van der Waals surface area contributed by atoms with Crippen LogP contribution in [0.1, 0.15) is 51.9 Å². The van der Waals surface area contributed by atoms with Crippen LogP contribution in [-0.4, -0.2) is 35.6 Å². The fraction of sp³-hybridized carbons (Fsp3) is 0.929. The number of carboxylic acids is 1. The monoisotopic (exact) mass is 239 g/mol. The Balaban J connectivity index is 1.98. The molecular weight excluding hydrogens is 214 g/mol. The maximum Gasteiger partial charge on any atom is 0.310 e. The second kappa shape index (κ2) is 4.97. The summed E-state index contributed by atoms with van der Waals surface area (Å²) < 4.78 is 0. The molecule has 0 unspecified atom stereocenters. The Morgan fingerprint density at radius 3 is 2.29 bits per heavy atom. The van der Waals surface area contributed by atoms with Gasteiger partial charge in [-0.05, 0) is 51.5 Å². The van der Waals surface area contributed by atoms with E-state index in [1.807, 2.05) is 0 Å². The molecule has 0 aliphatic heterocycles. The summed E-state index contributed by atoms with van der Waals surface area (Å²) in [6.07, 6.45) is 7.69. The van der Waals surface area contributed by atoms with Crippen LogP contribution >= 0.6 is 0 Å². The molecule has 0 amide bonds. The minimum Gasteiger partial charge on any atom is -0.481 e. The van der Waals surface area contributed by atoms with E-state index < -0.39 is 11.4 Å². The first-order valence-corrected chi connectivity index (χ1v) is 6.97. The van der Waals surface area contributed by atoms with Crippen molar-refractivity contribution in [1.82, 2.24) is 4.90 Å². The minimum atomic E-state index is -0.574. The SMILES string of the molecule is CC1CCC(CN(C)C2CCC2)(C(=O)O)CC1. The minimum absolute atomic E-state index is 0.461. The van der Waals surface area contributed by atoms with E-state index in [9.17, 15) is 9.90 Å². The molecule has 2 aliphatic carbocycles. The summed E-state index contributed by atoms with van der Waals surface area (Å²) in [5, 5.41) is 9.57. The molecule has 98 valence electrons. The maximum absolute atomic E-state index is 11.6. The molecule has 2 aliphatic rings. The van der Waals surface area contributed by atoms with Gasteiger partial charge < -0.3 is 10.0 Å². The van der Waals surface area contributed by atoms with Gasteiger partial charge in [-0.15, -0.1) is 0 Å². The summed E-state index contributed by atoms with van der Waals surface area (Å²) in [7, 11) is 2.10. The lowest BCUT2D eigenvalue weighted by molar-refractivity contribution is -0.153. The third kappa shape index (κ3) is 2.65. The van der Waals surface area contributed by atoms with Crippen LogP contribution in [0.4, 0.5) is 0 Å². The Morgan fingerprint density at radius 1 is 1.29 bits per heavy atom. The standard InChI is InChI=1S/C14H25NO2/c1-11-6-8-14(9-7-11,13(16)17)10-15(2)12-4-3-5-12/h11-12H,3-10H2,1-2H3,(H,16,17). The highest BCUT2D eigenvalue weighted by atomic mass is 16.4. The van der Waals surface area contributed by atoms with Crippen LogP contribution in [0, 0.1) is 11.3 Å². The highest BCUT2D eigenvalue weighted by Crippen LogP contribution is 2.40. The van der Waals surface area contributed by atoms with Gasteiger partial charge in [0.05, 0.1) is 5.41 Å². The first kappa shape index (κ1) is 12.9. The summed E-state index contributed by atoms with van der Waals surface area (Å²) in [4.78, 5) is 13.9. The van der Waals surface area contributed by atoms with Crippen molar-refractivity contribution in [2.75, 3.05) is 13.6 Å². The van der Waals surface area contributed by atoms with E-state index in [0.29, 0.717) is 12.0 Å². The smallest absolute Gasteiger partial charge is 0.310 e. The van der Waals surface area contributed by atoms with Gasteiger partial charge in [-0.2, -0.15) is 0 Å². The van der Waals surface area contributed by atoms with E-state index in [-0.39, 0.29) is 0 Å². The lowest BCUT2D eigenvalue weighted by Gasteiger charge is -2.43. The molecule has 0 radical (unpaired) electrons. The molecule has 0 spiro atoms. The van der Waals surface area contributed by atoms with Gasteiger partial charge in [-0.1, -0.05) is 13.3 Å². The average molecular weight is 239 g/mol. The van der Waals surface area contributed by atoms with E-state index in [2.05, 4.69) is 18.9 Å². The molecule has 0 aromatic carbocycles. The molecule has 0 atom stereocenters. The Morgan fingerprint density at radius 2 is 1.88 bits per heavy atom. The molecule has 2 fully saturated rings. The van der Waals surface area contributed by atoms with E-state index in [1.54, 1.807) is 0 Å². The Bertz CT molecular complexity index is 278. The van der Waals surface area contributed by atoms with Gasteiger partial charge in [-0.3, -0.25) is 4.79 Å². The fourth-order valence-corrected chi connectivity index (χ4v) is 3.19. The van der Waals surface area contributed by atoms with Crippen molar-refractivity contribution in [3.05, 3.63) is 0 Å². The lowest BCUT2D eigenvalue weighted by atomic mass is 9.70. The summed E-state index contributed by atoms with van der Waals surface area (Å²) in [6, 6.07) is 0.644. The molecule has 0 heterocycles. The van der Waals surface area contributed by atoms with Crippen LogP contribution in [0.3, 0.4) is 0 Å². The van der Waals surface area contributed by atoms with Crippen LogP contribution in [0.15, 0.2) is 0 Å². The molecule has 17 heavy (non-hydrogen) atoms. The zero-order valence-corrected chi connectivity index (χ0v) is 11.1. The number of hydrogen-bond acceptors (Lipinski definition) is 2. The van der Waals surface area contributed by atoms with Crippen LogP contribution in [0.25, 0.3) is 0 Å². The molecule has 0 aromatic heterocycles. The number of carboxylic acid groups (broad SMARTS) is 1. The zero-order chi connectivity index (χ0) is 12.5. The third-order valence-electron chi connectivity index (χ3n) is 4.94. The van der Waals surface area contributed by atoms with Gasteiger partial charge in [0, 0.05) is 12.6 Å². The number of aliphatic carboxylic acids is 1. The summed E-state index contributed by atoms with van der Waals surface area (Å²) >= 11 is 0. The lowest BCUT2D eigenvalue weighted by Crippen LogP contribution is -2.48.